The topological polar surface area (TPSA) is 6.48 Å². The van der Waals surface area contributed by atoms with Gasteiger partial charge in [-0.25, -0.2) is 0 Å². The molecule has 0 N–H and O–H groups in total. The van der Waals surface area contributed by atoms with Crippen molar-refractivity contribution in [3.05, 3.63) is 36.5 Å². The second kappa shape index (κ2) is 126. The van der Waals surface area contributed by atoms with Gasteiger partial charge in [-0.1, -0.05) is 656 Å². The summed E-state index contributed by atoms with van der Waals surface area (Å²) < 4.78 is 0. The smallest absolute Gasteiger partial charge is 0.00187 e. The molecule has 0 aliphatic heterocycles. The van der Waals surface area contributed by atoms with Crippen LogP contribution in [0.1, 0.15) is 735 Å². The van der Waals surface area contributed by atoms with Crippen LogP contribution in [0.2, 0.25) is 0 Å². The quantitative estimate of drug-likeness (QED) is 0.0442. The van der Waals surface area contributed by atoms with Crippen molar-refractivity contribution in [1.82, 2.24) is 9.80 Å². The van der Waals surface area contributed by atoms with Gasteiger partial charge in [0.2, 0.25) is 0 Å². The van der Waals surface area contributed by atoms with Crippen molar-refractivity contribution in [2.75, 3.05) is 39.3 Å². The predicted octanol–water partition coefficient (Wildman–Crippen LogP) is 46.5. The van der Waals surface area contributed by atoms with Crippen LogP contribution in [0.5, 0.6) is 0 Å². The third-order valence-electron chi connectivity index (χ3n) is 29.4. The molecule has 0 aromatic rings. The first-order valence-electron chi connectivity index (χ1n) is 62.1. The molecule has 0 aliphatic rings. The molecule has 0 aliphatic carbocycles. The zero-order chi connectivity index (χ0) is 92.0. The van der Waals surface area contributed by atoms with E-state index in [1.54, 1.807) is 0 Å². The van der Waals surface area contributed by atoms with Crippen LogP contribution in [-0.4, -0.2) is 49.1 Å². The summed E-state index contributed by atoms with van der Waals surface area (Å²) in [7, 11) is 0. The van der Waals surface area contributed by atoms with Crippen molar-refractivity contribution in [2.24, 2.45) is 0 Å². The maximum atomic E-state index is 2.91. The van der Waals surface area contributed by atoms with Crippen LogP contribution in [-0.2, 0) is 0 Å². The van der Waals surface area contributed by atoms with E-state index in [2.05, 4.69) is 87.8 Å². The molecule has 0 saturated carbocycles. The van der Waals surface area contributed by atoms with Crippen molar-refractivity contribution in [1.29, 1.82) is 0 Å². The molecular weight excluding hydrogens is 1540 g/mol. The lowest BCUT2D eigenvalue weighted by Crippen LogP contribution is -2.27. The van der Waals surface area contributed by atoms with Gasteiger partial charge in [-0.05, 0) is 155 Å². The molecule has 0 aromatic carbocycles. The highest BCUT2D eigenvalue weighted by molar-refractivity contribution is 4.83. The normalized spacial score (nSPS) is 12.0. The molecule has 0 radical (unpaired) electrons. The Morgan fingerprint density at radius 2 is 0.156 bits per heavy atom. The summed E-state index contributed by atoms with van der Waals surface area (Å²) >= 11 is 0. The van der Waals surface area contributed by atoms with E-state index in [1.807, 2.05) is 0 Å². The first kappa shape index (κ1) is 129. The van der Waals surface area contributed by atoms with E-state index in [-0.39, 0.29) is 0 Å². The average molecular weight is 1800 g/mol. The summed E-state index contributed by atoms with van der Waals surface area (Å²) in [6.45, 7) is 22.0. The number of unbranched alkanes of at least 4 members (excludes halogenated alkanes) is 99. The fourth-order valence-electron chi connectivity index (χ4n) is 20.3. The van der Waals surface area contributed by atoms with Gasteiger partial charge in [-0.3, -0.25) is 0 Å². The maximum Gasteiger partial charge on any atom is -0.00187 e. The minimum atomic E-state index is 1.30. The van der Waals surface area contributed by atoms with Crippen LogP contribution in [0.15, 0.2) is 36.5 Å². The van der Waals surface area contributed by atoms with E-state index in [1.165, 1.54) is 733 Å². The van der Waals surface area contributed by atoms with Crippen LogP contribution in [0.3, 0.4) is 0 Å². The van der Waals surface area contributed by atoms with E-state index in [0.717, 1.165) is 0 Å². The Morgan fingerprint density at radius 3 is 0.242 bits per heavy atom. The van der Waals surface area contributed by atoms with Crippen molar-refractivity contribution in [2.45, 2.75) is 735 Å². The van der Waals surface area contributed by atoms with Gasteiger partial charge in [0.1, 0.15) is 0 Å². The first-order chi connectivity index (χ1) is 63.7. The minimum Gasteiger partial charge on any atom is -0.303 e. The molecule has 128 heavy (non-hydrogen) atoms. The van der Waals surface area contributed by atoms with Crippen LogP contribution in [0.25, 0.3) is 0 Å². The molecule has 0 amide bonds. The van der Waals surface area contributed by atoms with Gasteiger partial charge in [0, 0.05) is 0 Å². The summed E-state index contributed by atoms with van der Waals surface area (Å²) in [5.74, 6) is 0. The van der Waals surface area contributed by atoms with Crippen LogP contribution >= 0.6 is 0 Å². The second-order valence-electron chi connectivity index (χ2n) is 42.8. The number of hydrogen-bond acceptors (Lipinski definition) is 2. The van der Waals surface area contributed by atoms with Crippen LogP contribution in [0, 0.1) is 0 Å². The van der Waals surface area contributed by atoms with Crippen LogP contribution < -0.4 is 0 Å². The van der Waals surface area contributed by atoms with Gasteiger partial charge >= 0.3 is 0 Å². The molecule has 2 nitrogen and oxygen atoms in total. The van der Waals surface area contributed by atoms with Gasteiger partial charge in [-0.2, -0.15) is 0 Å². The fourth-order valence-corrected chi connectivity index (χ4v) is 20.3. The van der Waals surface area contributed by atoms with Gasteiger partial charge in [0.25, 0.3) is 0 Å². The first-order valence-corrected chi connectivity index (χ1v) is 62.1. The van der Waals surface area contributed by atoms with Crippen LogP contribution in [0.4, 0.5) is 0 Å². The standard InChI is InChI=1S/C72H147N.C54H105N/c1-4-7-10-13-16-19-22-25-28-31-34-37-40-43-46-49-52-55-58-61-64-67-70-73(71-68-65-62-59-56-53-50-47-44-41-38-35-32-29-26-23-20-17-14-11-8-5-2)72-69-66-63-60-57-54-51-48-45-42-39-36-33-30-27-24-21-18-15-12-9-6-3;1-4-7-10-13-16-19-22-25-28-31-34-37-40-43-46-49-52-55(53-50-47-44-41-38-35-32-29-26-23-20-17-14-11-8-5-2)54-51-48-45-42-39-36-33-30-27-24-21-18-15-12-9-6-3/h4-72H2,1-3H3;25-30H,4-24,31-54H2,1-3H3/b;28-25-,29-26-,30-27-. The molecule has 766 valence electrons. The third-order valence-corrected chi connectivity index (χ3v) is 29.4. The van der Waals surface area contributed by atoms with Gasteiger partial charge in [-0.15, -0.1) is 0 Å². The van der Waals surface area contributed by atoms with Crippen molar-refractivity contribution in [3.63, 3.8) is 0 Å². The summed E-state index contributed by atoms with van der Waals surface area (Å²) in [6.07, 6.45) is 171. The Morgan fingerprint density at radius 1 is 0.0859 bits per heavy atom. The molecule has 0 heterocycles. The molecule has 0 aromatic heterocycles. The number of nitrogens with zero attached hydrogens (tertiary/aromatic N) is 2. The second-order valence-corrected chi connectivity index (χ2v) is 42.8. The third kappa shape index (κ3) is 123. The Balaban J connectivity index is 0. The molecule has 0 bridgehead atoms. The molecule has 0 saturated heterocycles. The van der Waals surface area contributed by atoms with Gasteiger partial charge in [0.15, 0.2) is 0 Å². The van der Waals surface area contributed by atoms with E-state index in [0.29, 0.717) is 0 Å². The minimum absolute atomic E-state index is 1.30. The summed E-state index contributed by atoms with van der Waals surface area (Å²) in [6, 6.07) is 0. The lowest BCUT2D eigenvalue weighted by atomic mass is 10.0. The Hall–Kier alpha value is -0.860. The Bertz CT molecular complexity index is 1700. The lowest BCUT2D eigenvalue weighted by Gasteiger charge is -2.22. The van der Waals surface area contributed by atoms with E-state index in [4.69, 9.17) is 0 Å². The zero-order valence-corrected chi connectivity index (χ0v) is 91.0. The highest BCUT2D eigenvalue weighted by Gasteiger charge is 2.10. The number of rotatable bonds is 117. The molecule has 0 unspecified atom stereocenters. The highest BCUT2D eigenvalue weighted by atomic mass is 15.1. The SMILES string of the molecule is CCCCCCCC/C=C\CCCCCCCCN(CCCCCCCC/C=C\CCCCCCCC)CCCCCCCC/C=C\CCCCCCCC.CCCCCCCCCCCCCCCCCCCCCCCCN(CCCCCCCCCCCCCCCCCCCCCCCC)CCCCCCCCCCCCCCCCCCCCCCCC. The molecular formula is C126H252N2. The number of allylic oxidation sites excluding steroid dienone is 6. The molecule has 0 atom stereocenters. The predicted molar refractivity (Wildman–Crippen MR) is 593 cm³/mol. The number of hydrogen-bond donors (Lipinski definition) is 0. The Kier molecular flexibility index (Phi) is 127. The molecule has 0 rings (SSSR count). The molecule has 0 fully saturated rings. The maximum absolute atomic E-state index is 2.91. The van der Waals surface area contributed by atoms with Crippen molar-refractivity contribution in [3.8, 4) is 0 Å². The highest BCUT2D eigenvalue weighted by Crippen LogP contribution is 2.24. The van der Waals surface area contributed by atoms with E-state index in [9.17, 15) is 0 Å². The Labute approximate surface area is 815 Å². The average Bonchev–Trinajstić information content (AvgIpc) is 0.996. The van der Waals surface area contributed by atoms with Gasteiger partial charge < -0.3 is 9.80 Å². The van der Waals surface area contributed by atoms with Crippen molar-refractivity contribution >= 4 is 0 Å². The summed E-state index contributed by atoms with van der Waals surface area (Å²) in [4.78, 5) is 5.77. The van der Waals surface area contributed by atoms with E-state index < -0.39 is 0 Å². The summed E-state index contributed by atoms with van der Waals surface area (Å²) in [5, 5.41) is 0. The lowest BCUT2D eigenvalue weighted by molar-refractivity contribution is 0.254. The van der Waals surface area contributed by atoms with E-state index >= 15 is 0 Å². The van der Waals surface area contributed by atoms with Crippen molar-refractivity contribution < 1.29 is 0 Å². The monoisotopic (exact) mass is 1790 g/mol. The molecule has 0 spiro atoms. The van der Waals surface area contributed by atoms with Gasteiger partial charge in [0.05, 0.1) is 0 Å². The summed E-state index contributed by atoms with van der Waals surface area (Å²) in [5.41, 5.74) is 0. The molecule has 2 heteroatoms. The zero-order valence-electron chi connectivity index (χ0n) is 91.0. The largest absolute Gasteiger partial charge is 0.303 e. The fraction of sp³-hybridized carbons (Fsp3) is 0.952.